The van der Waals surface area contributed by atoms with E-state index in [0.717, 1.165) is 119 Å². The lowest BCUT2D eigenvalue weighted by Crippen LogP contribution is -2.59. The maximum absolute atomic E-state index is 17.2. The van der Waals surface area contributed by atoms with Crippen LogP contribution in [-0.2, 0) is 22.6 Å². The van der Waals surface area contributed by atoms with Gasteiger partial charge in [0.15, 0.2) is 5.82 Å². The topological polar surface area (TPSA) is 160 Å². The van der Waals surface area contributed by atoms with Crippen LogP contribution in [0.4, 0.5) is 15.9 Å². The molecule has 3 amide bonds. The number of benzene rings is 3. The van der Waals surface area contributed by atoms with Gasteiger partial charge >= 0.3 is 6.01 Å². The van der Waals surface area contributed by atoms with Crippen LogP contribution in [0.25, 0.3) is 32.9 Å². The molecule has 1 spiro atoms. The van der Waals surface area contributed by atoms with E-state index < -0.39 is 11.9 Å². The molecule has 2 saturated carbocycles. The molecule has 3 aromatic carbocycles. The minimum Gasteiger partial charge on any atom is -0.508 e. The van der Waals surface area contributed by atoms with Crippen molar-refractivity contribution in [3.05, 3.63) is 77.2 Å². The summed E-state index contributed by atoms with van der Waals surface area (Å²) in [5.74, 6) is -0.585. The van der Waals surface area contributed by atoms with Gasteiger partial charge in [-0.05, 0) is 122 Å². The third-order valence-electron chi connectivity index (χ3n) is 17.8. The highest BCUT2D eigenvalue weighted by molar-refractivity contribution is 6.06. The van der Waals surface area contributed by atoms with Gasteiger partial charge in [0.05, 0.1) is 12.0 Å². The molecule has 5 saturated heterocycles. The number of aromatic nitrogens is 3. The SMILES string of the molecule is CCc1cccc2cc(O)cc(-c3ncc4c(N5CC6CCC(C5)N6)nc(OCC5(CN6CCN(C7CC8(CCN(c9ccc%10c(c9)CN(C9CCC(=O)NC9=O)C%10=O)CC8)C7)CC6)CC5)nc4c3F)c12. The number of amides is 3. The third kappa shape index (κ3) is 8.13. The van der Waals surface area contributed by atoms with Crippen LogP contribution in [0.2, 0.25) is 0 Å². The van der Waals surface area contributed by atoms with Gasteiger partial charge in [0, 0.05) is 118 Å². The number of ether oxygens (including phenoxy) is 1. The summed E-state index contributed by atoms with van der Waals surface area (Å²) in [5, 5.41) is 19.2. The Morgan fingerprint density at radius 2 is 1.66 bits per heavy atom. The minimum absolute atomic E-state index is 0.0174. The fraction of sp³-hybridized carbons (Fsp3) is 0.527. The summed E-state index contributed by atoms with van der Waals surface area (Å²) in [7, 11) is 0. The number of fused-ring (bicyclic) bond motifs is 5. The van der Waals surface area contributed by atoms with Crippen LogP contribution in [0.5, 0.6) is 11.8 Å². The van der Waals surface area contributed by atoms with Crippen LogP contribution in [0, 0.1) is 16.6 Å². The van der Waals surface area contributed by atoms with Crippen molar-refractivity contribution in [3.63, 3.8) is 0 Å². The van der Waals surface area contributed by atoms with E-state index in [4.69, 9.17) is 19.7 Å². The maximum atomic E-state index is 17.2. The zero-order valence-electron chi connectivity index (χ0n) is 40.6. The summed E-state index contributed by atoms with van der Waals surface area (Å²) in [6.07, 6.45) is 12.3. The second-order valence-electron chi connectivity index (χ2n) is 22.3. The lowest BCUT2D eigenvalue weighted by molar-refractivity contribution is -0.136. The monoisotopic (exact) mass is 962 g/mol. The molecule has 8 aliphatic rings. The van der Waals surface area contributed by atoms with Gasteiger partial charge in [0.25, 0.3) is 5.91 Å². The molecule has 15 nitrogen and oxygen atoms in total. The summed E-state index contributed by atoms with van der Waals surface area (Å²) >= 11 is 0. The van der Waals surface area contributed by atoms with Crippen molar-refractivity contribution in [2.24, 2.45) is 10.8 Å². The molecule has 0 radical (unpaired) electrons. The van der Waals surface area contributed by atoms with Crippen LogP contribution >= 0.6 is 0 Å². The van der Waals surface area contributed by atoms with Gasteiger partial charge < -0.3 is 34.8 Å². The van der Waals surface area contributed by atoms with E-state index in [2.05, 4.69) is 49.3 Å². The summed E-state index contributed by atoms with van der Waals surface area (Å²) in [4.78, 5) is 63.8. The lowest BCUT2D eigenvalue weighted by Gasteiger charge is -2.56. The van der Waals surface area contributed by atoms with Gasteiger partial charge in [-0.2, -0.15) is 9.97 Å². The fourth-order valence-electron chi connectivity index (χ4n) is 13.6. The van der Waals surface area contributed by atoms with Gasteiger partial charge in [0.2, 0.25) is 11.8 Å². The number of carbonyl (C=O) groups is 3. The number of imide groups is 1. The molecule has 2 bridgehead atoms. The van der Waals surface area contributed by atoms with Crippen molar-refractivity contribution in [2.75, 3.05) is 75.3 Å². The zero-order chi connectivity index (χ0) is 48.2. The van der Waals surface area contributed by atoms with Crippen LogP contribution in [-0.4, -0.2) is 142 Å². The van der Waals surface area contributed by atoms with E-state index in [1.54, 1.807) is 23.2 Å². The number of hydrogen-bond donors (Lipinski definition) is 3. The Labute approximate surface area is 413 Å². The van der Waals surface area contributed by atoms with E-state index in [-0.39, 0.29) is 52.5 Å². The second-order valence-corrected chi connectivity index (χ2v) is 22.3. The van der Waals surface area contributed by atoms with E-state index in [1.807, 2.05) is 24.3 Å². The molecule has 2 aromatic heterocycles. The molecule has 3 unspecified atom stereocenters. The predicted molar refractivity (Wildman–Crippen MR) is 268 cm³/mol. The molecular weight excluding hydrogens is 900 g/mol. The lowest BCUT2D eigenvalue weighted by atomic mass is 9.60. The first-order valence-electron chi connectivity index (χ1n) is 26.2. The van der Waals surface area contributed by atoms with Crippen molar-refractivity contribution >= 4 is 50.9 Å². The first-order valence-corrected chi connectivity index (χ1v) is 26.2. The quantitative estimate of drug-likeness (QED) is 0.129. The molecule has 7 fully saturated rings. The largest absolute Gasteiger partial charge is 0.508 e. The number of aryl methyl sites for hydroxylation is 1. The van der Waals surface area contributed by atoms with E-state index >= 15 is 4.39 Å². The van der Waals surface area contributed by atoms with E-state index in [0.29, 0.717) is 65.4 Å². The highest BCUT2D eigenvalue weighted by atomic mass is 19.1. The Hall–Kier alpha value is -5.97. The fourth-order valence-corrected chi connectivity index (χ4v) is 13.6. The number of hydrogen-bond acceptors (Lipinski definition) is 13. The van der Waals surface area contributed by atoms with Crippen LogP contribution in [0.1, 0.15) is 92.6 Å². The summed E-state index contributed by atoms with van der Waals surface area (Å²) in [6.45, 7) is 11.7. The van der Waals surface area contributed by atoms with Gasteiger partial charge in [0.1, 0.15) is 28.8 Å². The molecule has 370 valence electrons. The molecule has 8 heterocycles. The highest BCUT2D eigenvalue weighted by Crippen LogP contribution is 2.52. The van der Waals surface area contributed by atoms with Crippen molar-refractivity contribution < 1.29 is 28.6 Å². The Bertz CT molecular complexity index is 2970. The standard InChI is InChI=1S/C55H63FN10O5/c1-2-33-4-3-5-34-23-40(67)24-42(46(33)34)48-47(56)49-43(27-57-48)50(65-29-36-6-7-37(30-65)58-36)61-53(60-49)71-32-55(12-13-55)31-62-18-20-64(21-19-62)39-25-54(26-39)14-16-63(17-15-54)38-8-9-41-35(22-38)28-66(52(41)70)44-10-11-45(68)59-51(44)69/h3-5,8-9,22-24,27,36-37,39,44,58,67H,2,6-7,10-21,25-26,28-32H2,1H3,(H,59,68,69). The number of rotatable bonds is 11. The Morgan fingerprint density at radius 1 is 0.873 bits per heavy atom. The molecule has 3 N–H and O–H groups in total. The zero-order valence-corrected chi connectivity index (χ0v) is 40.6. The van der Waals surface area contributed by atoms with Gasteiger partial charge in [-0.25, -0.2) is 4.39 Å². The summed E-state index contributed by atoms with van der Waals surface area (Å²) in [6, 6.07) is 16.3. The van der Waals surface area contributed by atoms with E-state index in [9.17, 15) is 19.5 Å². The Kier molecular flexibility index (Phi) is 11.0. The summed E-state index contributed by atoms with van der Waals surface area (Å²) in [5.41, 5.74) is 5.13. The van der Waals surface area contributed by atoms with Crippen molar-refractivity contribution in [1.29, 1.82) is 0 Å². The number of aromatic hydroxyl groups is 1. The summed E-state index contributed by atoms with van der Waals surface area (Å²) < 4.78 is 23.8. The number of carbonyl (C=O) groups excluding carboxylic acids is 3. The van der Waals surface area contributed by atoms with Crippen LogP contribution < -0.4 is 25.2 Å². The van der Waals surface area contributed by atoms with Gasteiger partial charge in [-0.1, -0.05) is 25.1 Å². The number of piperidine rings is 2. The van der Waals surface area contributed by atoms with E-state index in [1.165, 1.54) is 25.7 Å². The van der Waals surface area contributed by atoms with Crippen molar-refractivity contribution in [2.45, 2.75) is 108 Å². The molecule has 13 rings (SSSR count). The number of halogens is 1. The molecule has 2 aliphatic carbocycles. The highest BCUT2D eigenvalue weighted by Gasteiger charge is 2.50. The van der Waals surface area contributed by atoms with Gasteiger partial charge in [-0.15, -0.1) is 0 Å². The number of piperazine rings is 2. The number of nitrogens with one attached hydrogen (secondary N) is 2. The van der Waals surface area contributed by atoms with Crippen molar-refractivity contribution in [1.82, 2.24) is 40.3 Å². The third-order valence-corrected chi connectivity index (χ3v) is 17.8. The Balaban J connectivity index is 0.637. The number of phenols is 1. The van der Waals surface area contributed by atoms with Crippen molar-refractivity contribution in [3.8, 4) is 23.0 Å². The second kappa shape index (κ2) is 17.4. The average Bonchev–Trinajstić information content (AvgIpc) is 3.94. The van der Waals surface area contributed by atoms with Crippen LogP contribution in [0.3, 0.4) is 0 Å². The molecule has 3 atom stereocenters. The van der Waals surface area contributed by atoms with Crippen LogP contribution in [0.15, 0.2) is 54.7 Å². The first-order chi connectivity index (χ1) is 34.5. The molecular formula is C55H63FN10O5. The first kappa shape index (κ1) is 44.9. The Morgan fingerprint density at radius 3 is 2.41 bits per heavy atom. The number of anilines is 2. The molecule has 6 aliphatic heterocycles. The maximum Gasteiger partial charge on any atom is 0.319 e. The average molecular weight is 963 g/mol. The number of nitrogens with zero attached hydrogens (tertiary/aromatic N) is 8. The molecule has 71 heavy (non-hydrogen) atoms. The smallest absolute Gasteiger partial charge is 0.319 e. The number of pyridine rings is 1. The minimum atomic E-state index is -0.599. The normalized spacial score (nSPS) is 25.3. The van der Waals surface area contributed by atoms with Gasteiger partial charge in [-0.3, -0.25) is 29.6 Å². The molecule has 16 heteroatoms. The number of phenolic OH excluding ortho intramolecular Hbond substituents is 1. The predicted octanol–water partition coefficient (Wildman–Crippen LogP) is 6.18. The molecule has 5 aromatic rings.